The van der Waals surface area contributed by atoms with Crippen LogP contribution in [0.15, 0.2) is 11.2 Å². The Labute approximate surface area is 112 Å². The van der Waals surface area contributed by atoms with Gasteiger partial charge >= 0.3 is 5.97 Å². The Morgan fingerprint density at radius 3 is 2.63 bits per heavy atom. The first kappa shape index (κ1) is 15.6. The first-order chi connectivity index (χ1) is 8.81. The van der Waals surface area contributed by atoms with Gasteiger partial charge in [0.15, 0.2) is 5.03 Å². The van der Waals surface area contributed by atoms with Gasteiger partial charge in [-0.15, -0.1) is 0 Å². The molecule has 1 rings (SSSR count). The maximum atomic E-state index is 12.0. The normalized spacial score (nSPS) is 13.4. The van der Waals surface area contributed by atoms with E-state index in [0.29, 0.717) is 12.4 Å². The molecule has 0 bridgehead atoms. The molecule has 1 heterocycles. The van der Waals surface area contributed by atoms with Gasteiger partial charge in [-0.3, -0.25) is 4.79 Å². The summed E-state index contributed by atoms with van der Waals surface area (Å²) in [5, 5.41) is 8.73. The van der Waals surface area contributed by atoms with Crippen molar-refractivity contribution in [3.05, 3.63) is 12.0 Å². The summed E-state index contributed by atoms with van der Waals surface area (Å²) in [6.45, 7) is 5.96. The van der Waals surface area contributed by atoms with Gasteiger partial charge < -0.3 is 9.67 Å². The summed E-state index contributed by atoms with van der Waals surface area (Å²) in [5.74, 6) is -0.610. The second-order valence-corrected chi connectivity index (χ2v) is 5.90. The van der Waals surface area contributed by atoms with Gasteiger partial charge in [0.05, 0.1) is 0 Å². The van der Waals surface area contributed by atoms with Crippen LogP contribution in [0.2, 0.25) is 0 Å². The minimum absolute atomic E-state index is 0.141. The third kappa shape index (κ3) is 3.77. The lowest BCUT2D eigenvalue weighted by Gasteiger charge is -2.10. The van der Waals surface area contributed by atoms with E-state index in [4.69, 9.17) is 5.11 Å². The zero-order valence-electron chi connectivity index (χ0n) is 11.3. The van der Waals surface area contributed by atoms with E-state index in [2.05, 4.69) is 9.71 Å². The third-order valence-electron chi connectivity index (χ3n) is 2.70. The lowest BCUT2D eigenvalue weighted by molar-refractivity contribution is -0.139. The van der Waals surface area contributed by atoms with E-state index in [0.717, 1.165) is 6.42 Å². The molecule has 0 saturated carbocycles. The monoisotopic (exact) mass is 289 g/mol. The molecule has 0 aromatic carbocycles. The van der Waals surface area contributed by atoms with Crippen LogP contribution in [-0.4, -0.2) is 35.1 Å². The van der Waals surface area contributed by atoms with Crippen molar-refractivity contribution in [3.8, 4) is 0 Å². The summed E-state index contributed by atoms with van der Waals surface area (Å²) in [7, 11) is -3.90. The predicted molar refractivity (Wildman–Crippen MR) is 69.3 cm³/mol. The number of carboxylic acid groups (broad SMARTS) is 1. The maximum absolute atomic E-state index is 12.0. The van der Waals surface area contributed by atoms with E-state index < -0.39 is 22.0 Å². The predicted octanol–water partition coefficient (Wildman–Crippen LogP) is 0.743. The summed E-state index contributed by atoms with van der Waals surface area (Å²) in [5.41, 5.74) is 0. The first-order valence-corrected chi connectivity index (χ1v) is 7.59. The Balaban J connectivity index is 3.00. The SMILES string of the molecule is CCCn1cc(S(=O)(=O)N[C@H](CC)C(=O)O)nc1C. The van der Waals surface area contributed by atoms with Crippen molar-refractivity contribution in [2.24, 2.45) is 0 Å². The lowest BCUT2D eigenvalue weighted by Crippen LogP contribution is -2.40. The van der Waals surface area contributed by atoms with Crippen LogP contribution in [0.3, 0.4) is 0 Å². The molecule has 1 atom stereocenters. The van der Waals surface area contributed by atoms with Crippen LogP contribution < -0.4 is 4.72 Å². The first-order valence-electron chi connectivity index (χ1n) is 6.10. The molecule has 0 unspecified atom stereocenters. The van der Waals surface area contributed by atoms with Crippen LogP contribution in [0.1, 0.15) is 32.5 Å². The van der Waals surface area contributed by atoms with Gasteiger partial charge in [0, 0.05) is 12.7 Å². The van der Waals surface area contributed by atoms with Crippen molar-refractivity contribution in [2.75, 3.05) is 0 Å². The molecule has 0 radical (unpaired) electrons. The van der Waals surface area contributed by atoms with E-state index in [1.165, 1.54) is 6.20 Å². The van der Waals surface area contributed by atoms with Crippen molar-refractivity contribution in [2.45, 2.75) is 51.2 Å². The number of aromatic nitrogens is 2. The number of aliphatic carboxylic acids is 1. The van der Waals surface area contributed by atoms with E-state index in [9.17, 15) is 13.2 Å². The number of nitrogens with one attached hydrogen (secondary N) is 1. The van der Waals surface area contributed by atoms with Crippen molar-refractivity contribution in [3.63, 3.8) is 0 Å². The van der Waals surface area contributed by atoms with Crippen LogP contribution in [0.5, 0.6) is 0 Å². The fraction of sp³-hybridized carbons (Fsp3) is 0.636. The van der Waals surface area contributed by atoms with Gasteiger partial charge in [0.1, 0.15) is 11.9 Å². The Morgan fingerprint density at radius 2 is 2.16 bits per heavy atom. The zero-order valence-corrected chi connectivity index (χ0v) is 12.1. The molecule has 0 aliphatic rings. The molecule has 7 nitrogen and oxygen atoms in total. The summed E-state index contributed by atoms with van der Waals surface area (Å²) < 4.78 is 27.9. The minimum atomic E-state index is -3.90. The average Bonchev–Trinajstić information content (AvgIpc) is 2.69. The number of hydrogen-bond donors (Lipinski definition) is 2. The summed E-state index contributed by atoms with van der Waals surface area (Å²) >= 11 is 0. The molecule has 19 heavy (non-hydrogen) atoms. The molecule has 2 N–H and O–H groups in total. The molecule has 8 heteroatoms. The number of aryl methyl sites for hydroxylation is 2. The van der Waals surface area contributed by atoms with Crippen LogP contribution in [0.4, 0.5) is 0 Å². The highest BCUT2D eigenvalue weighted by molar-refractivity contribution is 7.89. The second kappa shape index (κ2) is 6.16. The van der Waals surface area contributed by atoms with Crippen LogP contribution in [0, 0.1) is 6.92 Å². The molecule has 1 aromatic heterocycles. The highest BCUT2D eigenvalue weighted by Crippen LogP contribution is 2.11. The number of sulfonamides is 1. The number of carboxylic acids is 1. The van der Waals surface area contributed by atoms with E-state index in [-0.39, 0.29) is 11.4 Å². The van der Waals surface area contributed by atoms with Crippen LogP contribution >= 0.6 is 0 Å². The Hall–Kier alpha value is -1.41. The van der Waals surface area contributed by atoms with E-state index in [1.807, 2.05) is 6.92 Å². The van der Waals surface area contributed by atoms with Gasteiger partial charge in [-0.25, -0.2) is 13.4 Å². The second-order valence-electron chi connectivity index (χ2n) is 4.24. The molecule has 0 saturated heterocycles. The van der Waals surface area contributed by atoms with Crippen LogP contribution in [-0.2, 0) is 21.4 Å². The van der Waals surface area contributed by atoms with Gasteiger partial charge in [-0.1, -0.05) is 13.8 Å². The number of imidazole rings is 1. The highest BCUT2D eigenvalue weighted by atomic mass is 32.2. The van der Waals surface area contributed by atoms with E-state index in [1.54, 1.807) is 18.4 Å². The molecule has 0 fully saturated rings. The van der Waals surface area contributed by atoms with Crippen molar-refractivity contribution in [1.82, 2.24) is 14.3 Å². The summed E-state index contributed by atoms with van der Waals surface area (Å²) in [6.07, 6.45) is 2.45. The van der Waals surface area contributed by atoms with Crippen molar-refractivity contribution < 1.29 is 18.3 Å². The number of carbonyl (C=O) groups is 1. The van der Waals surface area contributed by atoms with Gasteiger partial charge in [0.25, 0.3) is 10.0 Å². The third-order valence-corrected chi connectivity index (χ3v) is 4.04. The van der Waals surface area contributed by atoms with E-state index >= 15 is 0 Å². The van der Waals surface area contributed by atoms with Crippen LogP contribution in [0.25, 0.3) is 0 Å². The molecule has 0 amide bonds. The van der Waals surface area contributed by atoms with Gasteiger partial charge in [-0.2, -0.15) is 4.72 Å². The van der Waals surface area contributed by atoms with Crippen molar-refractivity contribution >= 4 is 16.0 Å². The fourth-order valence-corrected chi connectivity index (χ4v) is 2.91. The van der Waals surface area contributed by atoms with Gasteiger partial charge in [-0.05, 0) is 19.8 Å². The standard InChI is InChI=1S/C11H19N3O4S/c1-4-6-14-7-10(12-8(14)3)19(17,18)13-9(5-2)11(15)16/h7,9,13H,4-6H2,1-3H3,(H,15,16)/t9-/m1/s1. The number of rotatable bonds is 7. The van der Waals surface area contributed by atoms with Gasteiger partial charge in [0.2, 0.25) is 0 Å². The molecule has 0 aliphatic heterocycles. The molecular weight excluding hydrogens is 270 g/mol. The quantitative estimate of drug-likeness (QED) is 0.771. The molecule has 1 aromatic rings. The Morgan fingerprint density at radius 1 is 1.53 bits per heavy atom. The number of nitrogens with zero attached hydrogens (tertiary/aromatic N) is 2. The topological polar surface area (TPSA) is 101 Å². The zero-order chi connectivity index (χ0) is 14.6. The summed E-state index contributed by atoms with van der Waals surface area (Å²) in [6, 6.07) is -1.14. The smallest absolute Gasteiger partial charge is 0.321 e. The molecule has 0 aliphatic carbocycles. The average molecular weight is 289 g/mol. The Bertz CT molecular complexity index is 550. The summed E-state index contributed by atoms with van der Waals surface area (Å²) in [4.78, 5) is 14.8. The maximum Gasteiger partial charge on any atom is 0.321 e. The lowest BCUT2D eigenvalue weighted by atomic mass is 10.2. The highest BCUT2D eigenvalue weighted by Gasteiger charge is 2.26. The van der Waals surface area contributed by atoms with Crippen molar-refractivity contribution in [1.29, 1.82) is 0 Å². The Kier molecular flexibility index (Phi) is 5.07. The number of hydrogen-bond acceptors (Lipinski definition) is 4. The fourth-order valence-electron chi connectivity index (χ4n) is 1.63. The molecule has 0 spiro atoms. The molecule has 108 valence electrons. The largest absolute Gasteiger partial charge is 0.480 e. The minimum Gasteiger partial charge on any atom is -0.480 e. The molecular formula is C11H19N3O4S.